The number of nitrogens with zero attached hydrogens (tertiary/aromatic N) is 2. The Morgan fingerprint density at radius 2 is 0.800 bits per heavy atom. The van der Waals surface area contributed by atoms with Gasteiger partial charge in [0.2, 0.25) is 0 Å². The summed E-state index contributed by atoms with van der Waals surface area (Å²) in [7, 11) is 0. The molecule has 0 aromatic rings. The van der Waals surface area contributed by atoms with Crippen molar-refractivity contribution in [2.45, 2.75) is 0 Å². The van der Waals surface area contributed by atoms with Gasteiger partial charge in [0.25, 0.3) is 0 Å². The van der Waals surface area contributed by atoms with Crippen molar-refractivity contribution in [2.24, 2.45) is 0 Å². The second kappa shape index (κ2) is 16.0. The van der Waals surface area contributed by atoms with E-state index >= 15 is 0 Å². The maximum atomic E-state index is 8.25. The molecule has 0 saturated heterocycles. The molecule has 0 aliphatic rings. The second-order valence-corrected chi connectivity index (χ2v) is 0.447. The van der Waals surface area contributed by atoms with Crippen molar-refractivity contribution in [3.05, 3.63) is 30.6 Å². The number of hydrogen-bond donors (Lipinski definition) is 0. The molecule has 0 unspecified atom stereocenters. The molecule has 0 aromatic heterocycles. The summed E-state index contributed by atoms with van der Waals surface area (Å²) in [5.41, 5.74) is 0. The largest absolute Gasteiger partial charge is 2.00 e. The van der Waals surface area contributed by atoms with Gasteiger partial charge in [-0.25, -0.2) is 0 Å². The quantitative estimate of drug-likeness (QED) is 0.397. The van der Waals surface area contributed by atoms with E-state index in [1.807, 2.05) is 0 Å². The van der Waals surface area contributed by atoms with E-state index in [1.54, 1.807) is 0 Å². The first-order chi connectivity index (χ1) is 3.46. The second-order valence-electron chi connectivity index (χ2n) is 0.447. The Kier molecular flexibility index (Phi) is 36.0. The third-order valence-electron chi connectivity index (χ3n) is 0. The molecule has 0 aromatic carbocycles. The first-order valence-electron chi connectivity index (χ1n) is 1.10. The van der Waals surface area contributed by atoms with Gasteiger partial charge in [-0.1, -0.05) is 0 Å². The van der Waals surface area contributed by atoms with Crippen molar-refractivity contribution >= 4 is 0 Å². The van der Waals surface area contributed by atoms with Gasteiger partial charge in [0.05, 0.1) is 10.2 Å². The van der Waals surface area contributed by atoms with E-state index in [0.29, 0.717) is 0 Å². The minimum absolute atomic E-state index is 0. The Balaban J connectivity index is -0.0000000300. The van der Waals surface area contributed by atoms with E-state index in [9.17, 15) is 0 Å². The Morgan fingerprint density at radius 3 is 0.800 bits per heavy atom. The Labute approximate surface area is 94.7 Å². The van der Waals surface area contributed by atoms with Crippen molar-refractivity contribution < 1.29 is 65.0 Å². The molecule has 0 fully saturated rings. The van der Waals surface area contributed by atoms with Crippen molar-refractivity contribution in [3.8, 4) is 0 Å². The van der Waals surface area contributed by atoms with Crippen LogP contribution in [0.1, 0.15) is 0 Å². The first-order valence-corrected chi connectivity index (χ1v) is 1.10. The molecular weight excluding hydrogens is 292 g/mol. The van der Waals surface area contributed by atoms with Crippen LogP contribution < -0.4 is 0 Å². The van der Waals surface area contributed by atoms with Gasteiger partial charge in [0.15, 0.2) is 0 Å². The van der Waals surface area contributed by atoms with Gasteiger partial charge in [-0.2, -0.15) is 0 Å². The van der Waals surface area contributed by atoms with Crippen LogP contribution in [0.5, 0.6) is 0 Å². The fraction of sp³-hybridized carbons (Fsp3) is 0. The van der Waals surface area contributed by atoms with Gasteiger partial charge < -0.3 is 36.1 Å². The van der Waals surface area contributed by atoms with E-state index in [0.717, 1.165) is 0 Å². The predicted octanol–water partition coefficient (Wildman–Crippen LogP) is -1.30. The molecule has 0 amide bonds. The molecule has 61 valence electrons. The summed E-state index contributed by atoms with van der Waals surface area (Å²) in [4.78, 5) is 16.5. The van der Waals surface area contributed by atoms with Crippen molar-refractivity contribution in [2.75, 3.05) is 0 Å². The van der Waals surface area contributed by atoms with Gasteiger partial charge in [0.1, 0.15) is 0 Å². The molecule has 0 bridgehead atoms. The molecule has 9 nitrogen and oxygen atoms in total. The molecule has 1 radical (unpaired) electrons. The Bertz CT molecular complexity index is 69.6. The molecule has 10 heteroatoms. The zero-order valence-corrected chi connectivity index (χ0v) is 6.65. The zero-order chi connectivity index (χ0) is 7.15. The first kappa shape index (κ1) is 22.5. The summed E-state index contributed by atoms with van der Waals surface area (Å²) >= 11 is 0. The Hall–Kier alpha value is -0.0556. The molecule has 0 heterocycles. The van der Waals surface area contributed by atoms with Crippen LogP contribution >= 0.6 is 0 Å². The van der Waals surface area contributed by atoms with Gasteiger partial charge in [-0.05, 0) is 0 Å². The van der Waals surface area contributed by atoms with Crippen molar-refractivity contribution in [3.63, 3.8) is 0 Å². The number of hydrogen-bond acceptors (Lipinski definition) is 6. The summed E-state index contributed by atoms with van der Waals surface area (Å²) < 4.78 is 0. The molecule has 0 rings (SSSR count). The molecule has 0 atom stereocenters. The van der Waals surface area contributed by atoms with Gasteiger partial charge >= 0.3 is 49.4 Å². The average molecular weight is 294 g/mol. The van der Waals surface area contributed by atoms with Crippen molar-refractivity contribution in [1.29, 1.82) is 0 Å². The topological polar surface area (TPSA) is 164 Å². The van der Waals surface area contributed by atoms with Crippen LogP contribution in [-0.4, -0.2) is 15.6 Å². The summed E-state index contributed by atoms with van der Waals surface area (Å²) in [6.07, 6.45) is 0. The molecular formula is H2EuN2O7. The molecule has 0 aliphatic heterocycles. The van der Waals surface area contributed by atoms with Crippen LogP contribution in [-0.2, 0) is 0 Å². The predicted molar refractivity (Wildman–Crippen MR) is 24.3 cm³/mol. The standard InChI is InChI=1S/Eu.2NO3.H2O/c;2*2-1(3)4;/h;;;1H2/q+2;2*-1;. The maximum absolute atomic E-state index is 8.25. The normalized spacial score (nSPS) is 4.80. The average Bonchev–Trinajstić information content (AvgIpc) is 1.25. The smallest absolute Gasteiger partial charge is 0.412 e. The van der Waals surface area contributed by atoms with Crippen LogP contribution in [0.2, 0.25) is 0 Å². The molecule has 0 aliphatic carbocycles. The third-order valence-corrected chi connectivity index (χ3v) is 0. The molecule has 0 saturated carbocycles. The van der Waals surface area contributed by atoms with Crippen molar-refractivity contribution in [1.82, 2.24) is 0 Å². The van der Waals surface area contributed by atoms with Crippen LogP contribution in [0.25, 0.3) is 0 Å². The number of rotatable bonds is 0. The SMILES string of the molecule is O.O=[N+]([O-])[O-].O=[N+]([O-])[O-].[Eu+2]. The summed E-state index contributed by atoms with van der Waals surface area (Å²) in [5, 5.41) is 29.5. The van der Waals surface area contributed by atoms with Crippen LogP contribution in [0.4, 0.5) is 0 Å². The maximum Gasteiger partial charge on any atom is 2.00 e. The Morgan fingerprint density at radius 1 is 0.800 bits per heavy atom. The zero-order valence-electron chi connectivity index (χ0n) is 4.22. The van der Waals surface area contributed by atoms with E-state index < -0.39 is 10.2 Å². The van der Waals surface area contributed by atoms with E-state index in [-0.39, 0.29) is 54.9 Å². The third kappa shape index (κ3) is 124000. The summed E-state index contributed by atoms with van der Waals surface area (Å²) in [6.45, 7) is 0. The van der Waals surface area contributed by atoms with Crippen LogP contribution in [0.3, 0.4) is 0 Å². The molecule has 10 heavy (non-hydrogen) atoms. The summed E-state index contributed by atoms with van der Waals surface area (Å²) in [6, 6.07) is 0. The van der Waals surface area contributed by atoms with Gasteiger partial charge in [0, 0.05) is 0 Å². The van der Waals surface area contributed by atoms with Gasteiger partial charge in [-0.15, -0.1) is 0 Å². The monoisotopic (exact) mass is 295 g/mol. The minimum atomic E-state index is -1.75. The van der Waals surface area contributed by atoms with E-state index in [1.165, 1.54) is 0 Å². The molecule has 0 spiro atoms. The van der Waals surface area contributed by atoms with Gasteiger partial charge in [-0.3, -0.25) is 0 Å². The van der Waals surface area contributed by atoms with Crippen LogP contribution in [0.15, 0.2) is 0 Å². The van der Waals surface area contributed by atoms with E-state index in [4.69, 9.17) is 30.6 Å². The summed E-state index contributed by atoms with van der Waals surface area (Å²) in [5.74, 6) is 0. The fourth-order valence-electron chi connectivity index (χ4n) is 0. The van der Waals surface area contributed by atoms with Crippen LogP contribution in [0, 0.1) is 80.0 Å². The molecule has 2 N–H and O–H groups in total. The fourth-order valence-corrected chi connectivity index (χ4v) is 0. The van der Waals surface area contributed by atoms with E-state index in [2.05, 4.69) is 0 Å². The minimum Gasteiger partial charge on any atom is -0.412 e.